The summed E-state index contributed by atoms with van der Waals surface area (Å²) >= 11 is 0. The summed E-state index contributed by atoms with van der Waals surface area (Å²) in [6.07, 6.45) is 1.21. The maximum atomic E-state index is 12.6. The van der Waals surface area contributed by atoms with E-state index in [1.54, 1.807) is 7.11 Å². The molecule has 0 fully saturated rings. The highest BCUT2D eigenvalue weighted by Gasteiger charge is 2.15. The fraction of sp³-hybridized carbons (Fsp3) is 0.350. The van der Waals surface area contributed by atoms with Gasteiger partial charge in [0.25, 0.3) is 0 Å². The van der Waals surface area contributed by atoms with Gasteiger partial charge < -0.3 is 9.64 Å². The summed E-state index contributed by atoms with van der Waals surface area (Å²) in [5.74, 6) is 0.985. The zero-order valence-electron chi connectivity index (χ0n) is 14.4. The number of hydrogen-bond acceptors (Lipinski definition) is 2. The molecule has 2 aromatic carbocycles. The molecule has 1 amide bonds. The van der Waals surface area contributed by atoms with Crippen LogP contribution in [0.15, 0.2) is 42.5 Å². The lowest BCUT2D eigenvalue weighted by Crippen LogP contribution is -2.31. The van der Waals surface area contributed by atoms with E-state index in [0.29, 0.717) is 13.0 Å². The van der Waals surface area contributed by atoms with Gasteiger partial charge >= 0.3 is 0 Å². The summed E-state index contributed by atoms with van der Waals surface area (Å²) in [5, 5.41) is 0. The standard InChI is InChI=1S/C20H25NO2/c1-5-21(19-11-9-15(2)13-16(19)3)20(22)12-10-17-7-6-8-18(14-17)23-4/h6-9,11,13-14H,5,10,12H2,1-4H3. The Morgan fingerprint density at radius 3 is 2.57 bits per heavy atom. The number of nitrogens with zero attached hydrogens (tertiary/aromatic N) is 1. The fourth-order valence-corrected chi connectivity index (χ4v) is 2.80. The summed E-state index contributed by atoms with van der Waals surface area (Å²) in [5.41, 5.74) is 4.48. The number of carbonyl (C=O) groups is 1. The molecule has 0 unspecified atom stereocenters. The lowest BCUT2D eigenvalue weighted by molar-refractivity contribution is -0.118. The van der Waals surface area contributed by atoms with E-state index in [1.807, 2.05) is 42.2 Å². The first kappa shape index (κ1) is 17.1. The van der Waals surface area contributed by atoms with Crippen LogP contribution in [0.25, 0.3) is 0 Å². The van der Waals surface area contributed by atoms with Crippen molar-refractivity contribution in [2.45, 2.75) is 33.6 Å². The summed E-state index contributed by atoms with van der Waals surface area (Å²) < 4.78 is 5.23. The van der Waals surface area contributed by atoms with Crippen LogP contribution in [0.1, 0.15) is 30.0 Å². The van der Waals surface area contributed by atoms with E-state index < -0.39 is 0 Å². The molecule has 122 valence electrons. The van der Waals surface area contributed by atoms with E-state index in [2.05, 4.69) is 26.0 Å². The van der Waals surface area contributed by atoms with Gasteiger partial charge in [0.05, 0.1) is 7.11 Å². The topological polar surface area (TPSA) is 29.5 Å². The summed E-state index contributed by atoms with van der Waals surface area (Å²) in [6, 6.07) is 14.1. The minimum absolute atomic E-state index is 0.155. The Morgan fingerprint density at radius 2 is 1.91 bits per heavy atom. The van der Waals surface area contributed by atoms with E-state index in [9.17, 15) is 4.79 Å². The minimum atomic E-state index is 0.155. The van der Waals surface area contributed by atoms with Gasteiger partial charge in [0.2, 0.25) is 5.91 Å². The number of anilines is 1. The van der Waals surface area contributed by atoms with Crippen LogP contribution in [0.3, 0.4) is 0 Å². The Labute approximate surface area is 138 Å². The van der Waals surface area contributed by atoms with Crippen molar-refractivity contribution in [2.24, 2.45) is 0 Å². The zero-order valence-corrected chi connectivity index (χ0v) is 14.4. The van der Waals surface area contributed by atoms with E-state index in [1.165, 1.54) is 5.56 Å². The number of benzene rings is 2. The lowest BCUT2D eigenvalue weighted by Gasteiger charge is -2.23. The molecule has 0 bridgehead atoms. The number of rotatable bonds is 6. The highest BCUT2D eigenvalue weighted by atomic mass is 16.5. The quantitative estimate of drug-likeness (QED) is 0.796. The van der Waals surface area contributed by atoms with Crippen molar-refractivity contribution < 1.29 is 9.53 Å². The van der Waals surface area contributed by atoms with E-state index in [4.69, 9.17) is 4.74 Å². The average molecular weight is 311 g/mol. The second kappa shape index (κ2) is 7.82. The number of methoxy groups -OCH3 is 1. The van der Waals surface area contributed by atoms with Gasteiger partial charge in [0, 0.05) is 18.7 Å². The molecule has 0 spiro atoms. The number of aryl methyl sites for hydroxylation is 3. The Hall–Kier alpha value is -2.29. The molecule has 0 saturated carbocycles. The van der Waals surface area contributed by atoms with Gasteiger partial charge in [-0.3, -0.25) is 4.79 Å². The third-order valence-electron chi connectivity index (χ3n) is 4.02. The van der Waals surface area contributed by atoms with Crippen LogP contribution in [-0.2, 0) is 11.2 Å². The fourth-order valence-electron chi connectivity index (χ4n) is 2.80. The second-order valence-corrected chi connectivity index (χ2v) is 5.78. The number of ether oxygens (including phenoxy) is 1. The maximum Gasteiger partial charge on any atom is 0.227 e. The van der Waals surface area contributed by atoms with E-state index in [-0.39, 0.29) is 5.91 Å². The monoisotopic (exact) mass is 311 g/mol. The molecule has 23 heavy (non-hydrogen) atoms. The van der Waals surface area contributed by atoms with Crippen molar-refractivity contribution in [1.82, 2.24) is 0 Å². The summed E-state index contributed by atoms with van der Waals surface area (Å²) in [4.78, 5) is 14.5. The van der Waals surface area contributed by atoms with Gasteiger partial charge in [-0.1, -0.05) is 29.8 Å². The van der Waals surface area contributed by atoms with Crippen molar-refractivity contribution in [3.05, 3.63) is 59.2 Å². The second-order valence-electron chi connectivity index (χ2n) is 5.78. The number of carbonyl (C=O) groups excluding carboxylic acids is 1. The molecule has 0 heterocycles. The Kier molecular flexibility index (Phi) is 5.80. The van der Waals surface area contributed by atoms with Gasteiger partial charge in [0.15, 0.2) is 0 Å². The van der Waals surface area contributed by atoms with Crippen molar-refractivity contribution in [3.63, 3.8) is 0 Å². The molecule has 0 N–H and O–H groups in total. The Bertz CT molecular complexity index is 679. The number of amides is 1. The first-order valence-electron chi connectivity index (χ1n) is 8.05. The lowest BCUT2D eigenvalue weighted by atomic mass is 10.1. The summed E-state index contributed by atoms with van der Waals surface area (Å²) in [6.45, 7) is 6.82. The van der Waals surface area contributed by atoms with E-state index >= 15 is 0 Å². The van der Waals surface area contributed by atoms with Gasteiger partial charge in [-0.05, 0) is 56.5 Å². The molecule has 0 saturated heterocycles. The van der Waals surface area contributed by atoms with Crippen molar-refractivity contribution in [1.29, 1.82) is 0 Å². The van der Waals surface area contributed by atoms with Crippen molar-refractivity contribution in [3.8, 4) is 5.75 Å². The normalized spacial score (nSPS) is 10.4. The van der Waals surface area contributed by atoms with Crippen LogP contribution in [0.4, 0.5) is 5.69 Å². The molecular weight excluding hydrogens is 286 g/mol. The molecule has 3 heteroatoms. The molecule has 0 aliphatic rings. The largest absolute Gasteiger partial charge is 0.497 e. The third kappa shape index (κ3) is 4.35. The van der Waals surface area contributed by atoms with Gasteiger partial charge in [-0.2, -0.15) is 0 Å². The van der Waals surface area contributed by atoms with Crippen LogP contribution < -0.4 is 9.64 Å². The smallest absolute Gasteiger partial charge is 0.227 e. The zero-order chi connectivity index (χ0) is 16.8. The molecule has 0 aliphatic heterocycles. The molecule has 0 aromatic heterocycles. The average Bonchev–Trinajstić information content (AvgIpc) is 2.55. The van der Waals surface area contributed by atoms with Crippen molar-refractivity contribution in [2.75, 3.05) is 18.6 Å². The van der Waals surface area contributed by atoms with Gasteiger partial charge in [-0.25, -0.2) is 0 Å². The van der Waals surface area contributed by atoms with Crippen LogP contribution in [-0.4, -0.2) is 19.6 Å². The SMILES string of the molecule is CCN(C(=O)CCc1cccc(OC)c1)c1ccc(C)cc1C. The van der Waals surface area contributed by atoms with Crippen LogP contribution in [0, 0.1) is 13.8 Å². The molecule has 2 rings (SSSR count). The predicted molar refractivity (Wildman–Crippen MR) is 95.3 cm³/mol. The maximum absolute atomic E-state index is 12.6. The third-order valence-corrected chi connectivity index (χ3v) is 4.02. The van der Waals surface area contributed by atoms with Crippen molar-refractivity contribution >= 4 is 11.6 Å². The van der Waals surface area contributed by atoms with E-state index in [0.717, 1.165) is 29.0 Å². The Morgan fingerprint density at radius 1 is 1.13 bits per heavy atom. The number of hydrogen-bond donors (Lipinski definition) is 0. The van der Waals surface area contributed by atoms with Crippen LogP contribution in [0.5, 0.6) is 5.75 Å². The summed E-state index contributed by atoms with van der Waals surface area (Å²) in [7, 11) is 1.66. The molecule has 0 aliphatic carbocycles. The first-order chi connectivity index (χ1) is 11.0. The van der Waals surface area contributed by atoms with Crippen LogP contribution in [0.2, 0.25) is 0 Å². The molecular formula is C20H25NO2. The molecule has 0 radical (unpaired) electrons. The predicted octanol–water partition coefficient (Wildman–Crippen LogP) is 4.30. The Balaban J connectivity index is 2.08. The molecule has 0 atom stereocenters. The van der Waals surface area contributed by atoms with Gasteiger partial charge in [-0.15, -0.1) is 0 Å². The minimum Gasteiger partial charge on any atom is -0.497 e. The molecule has 2 aromatic rings. The van der Waals surface area contributed by atoms with Crippen LogP contribution >= 0.6 is 0 Å². The highest BCUT2D eigenvalue weighted by Crippen LogP contribution is 2.22. The first-order valence-corrected chi connectivity index (χ1v) is 8.05. The molecule has 3 nitrogen and oxygen atoms in total. The highest BCUT2D eigenvalue weighted by molar-refractivity contribution is 5.94. The van der Waals surface area contributed by atoms with Gasteiger partial charge in [0.1, 0.15) is 5.75 Å².